The molecule has 0 amide bonds. The molecule has 0 aliphatic carbocycles. The monoisotopic (exact) mass is 247 g/mol. The normalized spacial score (nSPS) is 11.9. The highest BCUT2D eigenvalue weighted by Gasteiger charge is 2.24. The highest BCUT2D eigenvalue weighted by atomic mass is 35.5. The molecule has 1 aromatic heterocycles. The minimum absolute atomic E-state index is 0. The van der Waals surface area contributed by atoms with Crippen LogP contribution in [0.3, 0.4) is 0 Å². The lowest BCUT2D eigenvalue weighted by Gasteiger charge is -2.12. The van der Waals surface area contributed by atoms with Gasteiger partial charge in [0.15, 0.2) is 6.20 Å². The third-order valence-corrected chi connectivity index (χ3v) is 3.29. The van der Waals surface area contributed by atoms with E-state index in [4.69, 9.17) is 5.11 Å². The number of carboxylic acids is 1. The maximum Gasteiger partial charge on any atom is 0.317 e. The third-order valence-electron chi connectivity index (χ3n) is 1.78. The van der Waals surface area contributed by atoms with Crippen molar-refractivity contribution in [1.82, 2.24) is 0 Å². The van der Waals surface area contributed by atoms with E-state index in [9.17, 15) is 4.79 Å². The summed E-state index contributed by atoms with van der Waals surface area (Å²) in [5.74, 6) is -0.645. The van der Waals surface area contributed by atoms with Crippen LogP contribution in [0.1, 0.15) is 13.8 Å². The predicted molar refractivity (Wildman–Crippen MR) is 55.1 cm³/mol. The second kappa shape index (κ2) is 6.69. The van der Waals surface area contributed by atoms with Crippen molar-refractivity contribution in [3.8, 4) is 0 Å². The Morgan fingerprint density at radius 1 is 1.47 bits per heavy atom. The second-order valence-corrected chi connectivity index (χ2v) is 4.53. The number of carboxylic acid groups (broad SMARTS) is 1. The lowest BCUT2D eigenvalue weighted by atomic mass is 10.1. The van der Waals surface area contributed by atoms with Crippen molar-refractivity contribution in [2.75, 3.05) is 0 Å². The van der Waals surface area contributed by atoms with Crippen LogP contribution in [0.5, 0.6) is 0 Å². The van der Waals surface area contributed by atoms with Crippen LogP contribution in [0.15, 0.2) is 29.4 Å². The molecule has 1 rings (SSSR count). The molecule has 2 N–H and O–H groups in total. The summed E-state index contributed by atoms with van der Waals surface area (Å²) in [6, 6.07) is 5.64. The maximum absolute atomic E-state index is 10.9. The Morgan fingerprint density at radius 2 is 2.13 bits per heavy atom. The van der Waals surface area contributed by atoms with Gasteiger partial charge in [-0.1, -0.05) is 13.8 Å². The van der Waals surface area contributed by atoms with Gasteiger partial charge >= 0.3 is 5.97 Å². The Labute approximate surface area is 99.7 Å². The molecular weight excluding hydrogens is 234 g/mol. The molecule has 0 radical (unpaired) electrons. The number of nitrogens with one attached hydrogen (secondary N) is 1. The van der Waals surface area contributed by atoms with Gasteiger partial charge in [0.25, 0.3) is 0 Å². The van der Waals surface area contributed by atoms with Crippen molar-refractivity contribution in [3.63, 3.8) is 0 Å². The molecule has 0 spiro atoms. The number of thioether (sulfide) groups is 1. The molecule has 0 fully saturated rings. The molecule has 0 bridgehead atoms. The Hall–Kier alpha value is -0.740. The number of aliphatic carboxylic acids is 1. The molecule has 0 aliphatic heterocycles. The van der Waals surface area contributed by atoms with E-state index in [1.54, 1.807) is 6.20 Å². The fraction of sp³-hybridized carbons (Fsp3) is 0.400. The van der Waals surface area contributed by atoms with Crippen LogP contribution >= 0.6 is 11.8 Å². The number of H-pyrrole nitrogens is 1. The summed E-state index contributed by atoms with van der Waals surface area (Å²) in [4.78, 5) is 13.9. The van der Waals surface area contributed by atoms with Gasteiger partial charge in [-0.05, 0) is 23.7 Å². The van der Waals surface area contributed by atoms with Crippen molar-refractivity contribution in [2.45, 2.75) is 24.1 Å². The summed E-state index contributed by atoms with van der Waals surface area (Å²) in [6.07, 6.45) is 1.79. The van der Waals surface area contributed by atoms with Crippen LogP contribution in [0.4, 0.5) is 0 Å². The Bertz CT molecular complexity index is 306. The molecule has 0 saturated carbocycles. The maximum atomic E-state index is 10.9. The Kier molecular flexibility index (Phi) is 6.36. The zero-order chi connectivity index (χ0) is 10.6. The summed E-state index contributed by atoms with van der Waals surface area (Å²) in [5, 5.41) is 9.46. The lowest BCUT2D eigenvalue weighted by molar-refractivity contribution is -0.426. The highest BCUT2D eigenvalue weighted by Crippen LogP contribution is 2.24. The number of aromatic nitrogens is 1. The smallest absolute Gasteiger partial charge is 0.317 e. The van der Waals surface area contributed by atoms with Crippen molar-refractivity contribution < 1.29 is 27.3 Å². The molecular formula is C10H14ClNO2S. The second-order valence-electron chi connectivity index (χ2n) is 3.35. The number of hydrogen-bond donors (Lipinski definition) is 1. The molecule has 0 aliphatic rings. The quantitative estimate of drug-likeness (QED) is 0.674. The van der Waals surface area contributed by atoms with E-state index < -0.39 is 11.2 Å². The van der Waals surface area contributed by atoms with Crippen molar-refractivity contribution in [3.05, 3.63) is 24.4 Å². The predicted octanol–water partition coefficient (Wildman–Crippen LogP) is -1.29. The van der Waals surface area contributed by atoms with Gasteiger partial charge in [-0.15, -0.1) is 0 Å². The van der Waals surface area contributed by atoms with Gasteiger partial charge in [0.2, 0.25) is 5.03 Å². The van der Waals surface area contributed by atoms with E-state index in [2.05, 4.69) is 4.98 Å². The first kappa shape index (κ1) is 14.3. The van der Waals surface area contributed by atoms with E-state index in [0.717, 1.165) is 5.03 Å². The highest BCUT2D eigenvalue weighted by molar-refractivity contribution is 8.00. The lowest BCUT2D eigenvalue weighted by Crippen LogP contribution is -3.00. The molecule has 0 saturated heterocycles. The summed E-state index contributed by atoms with van der Waals surface area (Å²) in [7, 11) is 0. The fourth-order valence-corrected chi connectivity index (χ4v) is 2.00. The standard InChI is InChI=1S/C10H13NO2S.ClH/c1-7(2)9(10(12)13)14-8-5-3-4-6-11-8;/h3-7,9H,1-2H3,(H,12,13);1H. The van der Waals surface area contributed by atoms with Crippen LogP contribution in [0, 0.1) is 5.92 Å². The first-order chi connectivity index (χ1) is 6.61. The number of pyridine rings is 1. The van der Waals surface area contributed by atoms with Gasteiger partial charge in [-0.2, -0.15) is 0 Å². The molecule has 1 unspecified atom stereocenters. The average Bonchev–Trinajstić information content (AvgIpc) is 2.15. The van der Waals surface area contributed by atoms with Gasteiger partial charge in [0.05, 0.1) is 0 Å². The Morgan fingerprint density at radius 3 is 2.53 bits per heavy atom. The Balaban J connectivity index is 0.00000196. The zero-order valence-electron chi connectivity index (χ0n) is 8.61. The van der Waals surface area contributed by atoms with Crippen molar-refractivity contribution in [1.29, 1.82) is 0 Å². The van der Waals surface area contributed by atoms with E-state index in [1.807, 2.05) is 32.0 Å². The van der Waals surface area contributed by atoms with Gasteiger partial charge in [0.1, 0.15) is 5.25 Å². The fourth-order valence-electron chi connectivity index (χ4n) is 1.06. The number of hydrogen-bond acceptors (Lipinski definition) is 2. The van der Waals surface area contributed by atoms with Gasteiger partial charge in [-0.3, -0.25) is 4.79 Å². The first-order valence-corrected chi connectivity index (χ1v) is 5.35. The minimum atomic E-state index is -0.762. The SMILES string of the molecule is CC(C)C(Sc1cccc[nH+]1)C(=O)O.[Cl-]. The number of halogens is 1. The van der Waals surface area contributed by atoms with Crippen LogP contribution in [-0.2, 0) is 4.79 Å². The molecule has 5 heteroatoms. The summed E-state index contributed by atoms with van der Waals surface area (Å²) in [5.41, 5.74) is 0. The zero-order valence-corrected chi connectivity index (χ0v) is 10.2. The van der Waals surface area contributed by atoms with Gasteiger partial charge in [0, 0.05) is 12.1 Å². The number of carbonyl (C=O) groups is 1. The van der Waals surface area contributed by atoms with E-state index >= 15 is 0 Å². The van der Waals surface area contributed by atoms with Crippen LogP contribution in [0.2, 0.25) is 0 Å². The molecule has 3 nitrogen and oxygen atoms in total. The number of aromatic amines is 1. The third kappa shape index (κ3) is 4.53. The van der Waals surface area contributed by atoms with Gasteiger partial charge in [-0.25, -0.2) is 4.98 Å². The van der Waals surface area contributed by atoms with Crippen molar-refractivity contribution in [2.24, 2.45) is 5.92 Å². The largest absolute Gasteiger partial charge is 1.00 e. The average molecular weight is 248 g/mol. The van der Waals surface area contributed by atoms with Crippen LogP contribution < -0.4 is 17.4 Å². The van der Waals surface area contributed by atoms with Gasteiger partial charge < -0.3 is 17.5 Å². The summed E-state index contributed by atoms with van der Waals surface area (Å²) >= 11 is 1.35. The topological polar surface area (TPSA) is 51.4 Å². The minimum Gasteiger partial charge on any atom is -1.00 e. The van der Waals surface area contributed by atoms with Crippen LogP contribution in [0.25, 0.3) is 0 Å². The summed E-state index contributed by atoms with van der Waals surface area (Å²) in [6.45, 7) is 3.82. The molecule has 1 atom stereocenters. The number of rotatable bonds is 4. The van der Waals surface area contributed by atoms with E-state index in [1.165, 1.54) is 11.8 Å². The molecule has 1 aromatic rings. The molecule has 84 valence electrons. The summed E-state index contributed by atoms with van der Waals surface area (Å²) < 4.78 is 0. The molecule has 0 aromatic carbocycles. The molecule has 15 heavy (non-hydrogen) atoms. The van der Waals surface area contributed by atoms with E-state index in [0.29, 0.717) is 0 Å². The molecule has 1 heterocycles. The van der Waals surface area contributed by atoms with E-state index in [-0.39, 0.29) is 18.3 Å². The first-order valence-electron chi connectivity index (χ1n) is 4.47. The van der Waals surface area contributed by atoms with Crippen LogP contribution in [-0.4, -0.2) is 16.3 Å². The van der Waals surface area contributed by atoms with Crippen molar-refractivity contribution >= 4 is 17.7 Å².